The first-order valence-electron chi connectivity index (χ1n) is 12.6. The lowest BCUT2D eigenvalue weighted by Gasteiger charge is -2.35. The molecule has 3 heterocycles. The highest BCUT2D eigenvalue weighted by molar-refractivity contribution is 7.89. The largest absolute Gasteiger partial charge is 0.497 e. The Labute approximate surface area is 228 Å². The zero-order valence-electron chi connectivity index (χ0n) is 21.7. The van der Waals surface area contributed by atoms with E-state index in [9.17, 15) is 18.3 Å². The summed E-state index contributed by atoms with van der Waals surface area (Å²) in [4.78, 5) is 18.4. The Balaban J connectivity index is 1.42. The van der Waals surface area contributed by atoms with Crippen molar-refractivity contribution in [2.75, 3.05) is 66.6 Å². The molecule has 2 aromatic rings. The van der Waals surface area contributed by atoms with Gasteiger partial charge in [-0.2, -0.15) is 4.31 Å². The van der Waals surface area contributed by atoms with Crippen LogP contribution in [-0.4, -0.2) is 106 Å². The van der Waals surface area contributed by atoms with Crippen molar-refractivity contribution in [2.24, 2.45) is 0 Å². The Hall–Kier alpha value is -2.48. The van der Waals surface area contributed by atoms with E-state index in [0.29, 0.717) is 25.3 Å². The first-order valence-corrected chi connectivity index (χ1v) is 14.9. The molecular weight excluding hydrogens is 530 g/mol. The van der Waals surface area contributed by atoms with Gasteiger partial charge in [-0.3, -0.25) is 4.79 Å². The number of hydrogen-bond acceptors (Lipinski definition) is 9. The van der Waals surface area contributed by atoms with Crippen molar-refractivity contribution >= 4 is 27.3 Å². The molecule has 2 aliphatic heterocycles. The molecule has 0 spiro atoms. The number of amides is 1. The highest BCUT2D eigenvalue weighted by Crippen LogP contribution is 2.34. The third-order valence-corrected chi connectivity index (χ3v) is 9.58. The van der Waals surface area contributed by atoms with Crippen LogP contribution in [0.4, 0.5) is 0 Å². The lowest BCUT2D eigenvalue weighted by molar-refractivity contribution is -0.153. The van der Waals surface area contributed by atoms with Crippen LogP contribution in [0.25, 0.3) is 0 Å². The molecular formula is C26H35N3O7S2. The van der Waals surface area contributed by atoms with Crippen molar-refractivity contribution in [3.8, 4) is 5.75 Å². The summed E-state index contributed by atoms with van der Waals surface area (Å²) in [6.45, 7) is 2.51. The van der Waals surface area contributed by atoms with Crippen LogP contribution in [0.15, 0.2) is 58.5 Å². The molecule has 1 amide bonds. The molecule has 1 aromatic heterocycles. The van der Waals surface area contributed by atoms with Gasteiger partial charge < -0.3 is 29.1 Å². The Morgan fingerprint density at radius 1 is 1.16 bits per heavy atom. The quantitative estimate of drug-likeness (QED) is 0.441. The number of carbonyl (C=O) groups excluding carboxylic acids is 1. The molecule has 1 fully saturated rings. The lowest BCUT2D eigenvalue weighted by atomic mass is 9.99. The minimum absolute atomic E-state index is 0.0178. The zero-order valence-corrected chi connectivity index (χ0v) is 23.3. The Bertz CT molecular complexity index is 1180. The molecule has 10 nitrogen and oxygen atoms in total. The molecule has 208 valence electrons. The van der Waals surface area contributed by atoms with Crippen LogP contribution < -0.4 is 4.74 Å². The molecule has 0 radical (unpaired) electrons. The van der Waals surface area contributed by atoms with Gasteiger partial charge >= 0.3 is 0 Å². The molecule has 0 unspecified atom stereocenters. The van der Waals surface area contributed by atoms with E-state index in [-0.39, 0.29) is 48.8 Å². The van der Waals surface area contributed by atoms with Crippen molar-refractivity contribution in [1.29, 1.82) is 0 Å². The van der Waals surface area contributed by atoms with Crippen molar-refractivity contribution in [2.45, 2.75) is 23.5 Å². The number of piperazine rings is 1. The van der Waals surface area contributed by atoms with Crippen molar-refractivity contribution < 1.29 is 32.5 Å². The van der Waals surface area contributed by atoms with Gasteiger partial charge in [-0.25, -0.2) is 8.42 Å². The van der Waals surface area contributed by atoms with E-state index in [1.165, 1.54) is 23.5 Å². The molecule has 0 bridgehead atoms. The average Bonchev–Trinajstić information content (AvgIpc) is 3.48. The van der Waals surface area contributed by atoms with Crippen LogP contribution in [0.1, 0.15) is 17.2 Å². The van der Waals surface area contributed by atoms with E-state index in [2.05, 4.69) is 4.90 Å². The number of nitrogens with zero attached hydrogens (tertiary/aromatic N) is 3. The fourth-order valence-corrected chi connectivity index (χ4v) is 6.65. The van der Waals surface area contributed by atoms with Gasteiger partial charge in [0.1, 0.15) is 5.75 Å². The van der Waals surface area contributed by atoms with Gasteiger partial charge in [-0.05, 0) is 48.8 Å². The number of benzene rings is 1. The second-order valence-corrected chi connectivity index (χ2v) is 12.1. The van der Waals surface area contributed by atoms with Gasteiger partial charge in [-0.1, -0.05) is 6.07 Å². The molecule has 0 aliphatic carbocycles. The molecule has 2 aliphatic rings. The number of rotatable bonds is 11. The number of hydrogen-bond donors (Lipinski definition) is 1. The van der Waals surface area contributed by atoms with E-state index in [1.807, 2.05) is 30.6 Å². The van der Waals surface area contributed by atoms with E-state index in [4.69, 9.17) is 14.2 Å². The lowest BCUT2D eigenvalue weighted by Crippen LogP contribution is -2.48. The van der Waals surface area contributed by atoms with E-state index in [1.54, 1.807) is 28.4 Å². The van der Waals surface area contributed by atoms with Crippen LogP contribution in [0, 0.1) is 0 Å². The predicted molar refractivity (Wildman–Crippen MR) is 144 cm³/mol. The van der Waals surface area contributed by atoms with Gasteiger partial charge in [0.2, 0.25) is 16.3 Å². The maximum absolute atomic E-state index is 13.3. The van der Waals surface area contributed by atoms with E-state index >= 15 is 0 Å². The first-order chi connectivity index (χ1) is 18.3. The number of ether oxygens (including phenoxy) is 3. The molecule has 12 heteroatoms. The van der Waals surface area contributed by atoms with Crippen molar-refractivity contribution in [1.82, 2.24) is 14.1 Å². The average molecular weight is 566 g/mol. The number of sulfonamides is 1. The summed E-state index contributed by atoms with van der Waals surface area (Å²) in [6.07, 6.45) is 1.67. The highest BCUT2D eigenvalue weighted by atomic mass is 32.2. The van der Waals surface area contributed by atoms with Crippen molar-refractivity contribution in [3.05, 3.63) is 58.5 Å². The number of aliphatic hydroxyl groups is 1. The zero-order chi connectivity index (χ0) is 27.1. The number of carbonyl (C=O) groups is 1. The molecule has 0 saturated carbocycles. The Morgan fingerprint density at radius 2 is 1.89 bits per heavy atom. The van der Waals surface area contributed by atoms with Gasteiger partial charge in [0.15, 0.2) is 5.76 Å². The predicted octanol–water partition coefficient (Wildman–Crippen LogP) is 1.94. The number of aliphatic hydroxyl groups excluding tert-OH is 1. The van der Waals surface area contributed by atoms with Gasteiger partial charge in [-0.15, -0.1) is 11.3 Å². The van der Waals surface area contributed by atoms with Crippen molar-refractivity contribution in [3.63, 3.8) is 0 Å². The number of allylic oxidation sites excluding steroid dienone is 1. The highest BCUT2D eigenvalue weighted by Gasteiger charge is 2.33. The summed E-state index contributed by atoms with van der Waals surface area (Å²) in [5, 5.41) is 11.5. The van der Waals surface area contributed by atoms with Crippen LogP contribution in [0.3, 0.4) is 0 Å². The summed E-state index contributed by atoms with van der Waals surface area (Å²) in [7, 11) is -0.318. The smallest absolute Gasteiger partial charge is 0.288 e. The van der Waals surface area contributed by atoms with Gasteiger partial charge in [0, 0.05) is 56.5 Å². The van der Waals surface area contributed by atoms with Gasteiger partial charge in [0.05, 0.1) is 25.2 Å². The summed E-state index contributed by atoms with van der Waals surface area (Å²) < 4.78 is 44.6. The fraction of sp³-hybridized carbons (Fsp3) is 0.500. The number of likely N-dealkylation sites (N-methyl/N-ethyl adjacent to an activating group) is 1. The summed E-state index contributed by atoms with van der Waals surface area (Å²) in [6, 6.07) is 10.1. The fourth-order valence-electron chi connectivity index (χ4n) is 4.42. The van der Waals surface area contributed by atoms with E-state index in [0.717, 1.165) is 18.0 Å². The minimum atomic E-state index is -3.86. The van der Waals surface area contributed by atoms with Crippen LogP contribution >= 0.6 is 11.3 Å². The van der Waals surface area contributed by atoms with E-state index < -0.39 is 16.3 Å². The molecule has 38 heavy (non-hydrogen) atoms. The maximum atomic E-state index is 13.3. The Morgan fingerprint density at radius 3 is 2.53 bits per heavy atom. The van der Waals surface area contributed by atoms with Crippen LogP contribution in [0.5, 0.6) is 5.75 Å². The molecule has 4 rings (SSSR count). The maximum Gasteiger partial charge on any atom is 0.288 e. The molecule has 1 aromatic carbocycles. The molecule has 2 atom stereocenters. The SMILES string of the molecule is COc1ccc(S(=O)(=O)N(CCO)CCO[C@@H]2C[C@H](c3cccs3)C=C(C(=O)N3CCN(C)CC3)O2)cc1. The minimum Gasteiger partial charge on any atom is -0.497 e. The van der Waals surface area contributed by atoms with Gasteiger partial charge in [0.25, 0.3) is 5.91 Å². The summed E-state index contributed by atoms with van der Waals surface area (Å²) >= 11 is 1.61. The monoisotopic (exact) mass is 565 g/mol. The molecule has 1 N–H and O–H groups in total. The standard InChI is InChI=1S/C26H35N3O7S2/c1-27-9-11-28(12-10-27)26(31)23-18-20(24-4-3-17-37-24)19-25(36-23)35-16-14-29(13-15-30)38(32,33)22-7-5-21(34-2)6-8-22/h3-8,17-18,20,25,30H,9-16,19H2,1-2H3/t20-,25+/m1/s1. The summed E-state index contributed by atoms with van der Waals surface area (Å²) in [5.41, 5.74) is 0. The Kier molecular flexibility index (Phi) is 9.80. The first kappa shape index (κ1) is 28.5. The topological polar surface area (TPSA) is 109 Å². The third-order valence-electron chi connectivity index (χ3n) is 6.66. The number of methoxy groups -OCH3 is 1. The number of thiophene rings is 1. The second-order valence-electron chi connectivity index (χ2n) is 9.21. The second kappa shape index (κ2) is 13.0. The normalized spacial score (nSPS) is 20.7. The van der Waals surface area contributed by atoms with Crippen LogP contribution in [-0.2, 0) is 24.3 Å². The summed E-state index contributed by atoms with van der Waals surface area (Å²) in [5.74, 6) is 0.613. The molecule has 1 saturated heterocycles. The third kappa shape index (κ3) is 6.93. The van der Waals surface area contributed by atoms with Crippen LogP contribution in [0.2, 0.25) is 0 Å².